The van der Waals surface area contributed by atoms with E-state index < -0.39 is 0 Å². The van der Waals surface area contributed by atoms with Crippen LogP contribution in [-0.2, 0) is 6.54 Å². The smallest absolute Gasteiger partial charge is 0.0693 e. The first-order valence-corrected chi connectivity index (χ1v) is 5.62. The maximum Gasteiger partial charge on any atom is 0.0693 e. The summed E-state index contributed by atoms with van der Waals surface area (Å²) in [6.07, 6.45) is 7.74. The third-order valence-corrected chi connectivity index (χ3v) is 2.95. The molecule has 1 fully saturated rings. The van der Waals surface area contributed by atoms with Crippen LogP contribution >= 0.6 is 0 Å². The van der Waals surface area contributed by atoms with E-state index in [1.807, 2.05) is 6.20 Å². The molecule has 2 N–H and O–H groups in total. The Hall–Kier alpha value is -0.940. The summed E-state index contributed by atoms with van der Waals surface area (Å²) in [4.78, 5) is 0. The number of aliphatic hydroxyl groups excluding tert-OH is 1. The molecule has 0 saturated heterocycles. The van der Waals surface area contributed by atoms with Crippen molar-refractivity contribution in [3.63, 3.8) is 0 Å². The number of rotatable bonds is 4. The Labute approximate surface area is 89.5 Å². The van der Waals surface area contributed by atoms with Crippen molar-refractivity contribution in [2.24, 2.45) is 0 Å². The van der Waals surface area contributed by atoms with Crippen LogP contribution in [0.1, 0.15) is 25.7 Å². The molecular weight excluding hydrogens is 192 g/mol. The summed E-state index contributed by atoms with van der Waals surface area (Å²) in [5.74, 6) is 0. The fraction of sp³-hybridized carbons (Fsp3) is 0.800. The Bertz CT molecular complexity index is 275. The van der Waals surface area contributed by atoms with Crippen molar-refractivity contribution in [3.05, 3.63) is 12.4 Å². The molecule has 1 aliphatic carbocycles. The van der Waals surface area contributed by atoms with E-state index in [-0.39, 0.29) is 12.1 Å². The summed E-state index contributed by atoms with van der Waals surface area (Å²) in [7, 11) is 0. The lowest BCUT2D eigenvalue weighted by Gasteiger charge is -2.28. The number of hydrogen-bond acceptors (Lipinski definition) is 4. The van der Waals surface area contributed by atoms with E-state index in [9.17, 15) is 5.11 Å². The molecule has 5 heteroatoms. The zero-order valence-corrected chi connectivity index (χ0v) is 8.84. The van der Waals surface area contributed by atoms with Gasteiger partial charge in [0, 0.05) is 18.8 Å². The minimum Gasteiger partial charge on any atom is -0.392 e. The van der Waals surface area contributed by atoms with Gasteiger partial charge in [-0.15, -0.1) is 5.10 Å². The summed E-state index contributed by atoms with van der Waals surface area (Å²) < 4.78 is 1.79. The van der Waals surface area contributed by atoms with Crippen molar-refractivity contribution in [2.75, 3.05) is 6.54 Å². The molecule has 1 saturated carbocycles. The fourth-order valence-electron chi connectivity index (χ4n) is 2.07. The lowest BCUT2D eigenvalue weighted by molar-refractivity contribution is 0.0905. The second-order valence-electron chi connectivity index (χ2n) is 4.08. The molecule has 2 rings (SSSR count). The number of nitrogens with one attached hydrogen (secondary N) is 1. The topological polar surface area (TPSA) is 63.0 Å². The van der Waals surface area contributed by atoms with Gasteiger partial charge in [-0.3, -0.25) is 4.68 Å². The molecular formula is C10H18N4O. The third-order valence-electron chi connectivity index (χ3n) is 2.95. The van der Waals surface area contributed by atoms with Gasteiger partial charge in [0.05, 0.1) is 18.8 Å². The predicted octanol–water partition coefficient (Wildman–Crippen LogP) is 0.171. The Balaban J connectivity index is 1.68. The van der Waals surface area contributed by atoms with E-state index in [2.05, 4.69) is 15.6 Å². The molecule has 1 heterocycles. The second-order valence-corrected chi connectivity index (χ2v) is 4.08. The Morgan fingerprint density at radius 1 is 1.40 bits per heavy atom. The molecule has 0 bridgehead atoms. The quantitative estimate of drug-likeness (QED) is 0.743. The number of nitrogens with zero attached hydrogens (tertiary/aromatic N) is 3. The predicted molar refractivity (Wildman–Crippen MR) is 56.3 cm³/mol. The van der Waals surface area contributed by atoms with Crippen LogP contribution in [0.2, 0.25) is 0 Å². The van der Waals surface area contributed by atoms with Gasteiger partial charge in [0.15, 0.2) is 0 Å². The van der Waals surface area contributed by atoms with Crippen molar-refractivity contribution >= 4 is 0 Å². The Morgan fingerprint density at radius 2 is 2.27 bits per heavy atom. The summed E-state index contributed by atoms with van der Waals surface area (Å²) >= 11 is 0. The molecule has 1 aromatic rings. The normalized spacial score (nSPS) is 26.7. The summed E-state index contributed by atoms with van der Waals surface area (Å²) in [5, 5.41) is 20.7. The molecule has 0 amide bonds. The van der Waals surface area contributed by atoms with Gasteiger partial charge in [0.1, 0.15) is 0 Å². The first-order valence-electron chi connectivity index (χ1n) is 5.62. The van der Waals surface area contributed by atoms with Gasteiger partial charge in [0.2, 0.25) is 0 Å². The largest absolute Gasteiger partial charge is 0.392 e. The van der Waals surface area contributed by atoms with Gasteiger partial charge < -0.3 is 10.4 Å². The van der Waals surface area contributed by atoms with Crippen molar-refractivity contribution in [1.82, 2.24) is 20.3 Å². The summed E-state index contributed by atoms with van der Waals surface area (Å²) in [6.45, 7) is 1.65. The second kappa shape index (κ2) is 5.23. The number of aromatic nitrogens is 3. The molecule has 1 aliphatic rings. The standard InChI is InChI=1S/C10H18N4O/c15-10-4-2-1-3-9(10)11-5-7-14-8-6-12-13-14/h6,8-11,15H,1-5,7H2. The van der Waals surface area contributed by atoms with E-state index in [1.165, 1.54) is 6.42 Å². The maximum atomic E-state index is 9.73. The molecule has 0 aromatic carbocycles. The molecule has 0 aliphatic heterocycles. The van der Waals surface area contributed by atoms with Gasteiger partial charge >= 0.3 is 0 Å². The SMILES string of the molecule is OC1CCCCC1NCCn1ccnn1. The van der Waals surface area contributed by atoms with Gasteiger partial charge in [-0.05, 0) is 12.8 Å². The lowest BCUT2D eigenvalue weighted by atomic mass is 9.93. The van der Waals surface area contributed by atoms with E-state index >= 15 is 0 Å². The molecule has 0 spiro atoms. The zero-order valence-electron chi connectivity index (χ0n) is 8.84. The van der Waals surface area contributed by atoms with Crippen LogP contribution in [0.5, 0.6) is 0 Å². The van der Waals surface area contributed by atoms with Gasteiger partial charge in [-0.25, -0.2) is 0 Å². The van der Waals surface area contributed by atoms with Crippen LogP contribution in [0.25, 0.3) is 0 Å². The maximum absolute atomic E-state index is 9.73. The van der Waals surface area contributed by atoms with Crippen molar-refractivity contribution in [3.8, 4) is 0 Å². The highest BCUT2D eigenvalue weighted by Gasteiger charge is 2.21. The average molecular weight is 210 g/mol. The lowest BCUT2D eigenvalue weighted by Crippen LogP contribution is -2.43. The third kappa shape index (κ3) is 3.00. The van der Waals surface area contributed by atoms with E-state index in [0.717, 1.165) is 32.4 Å². The van der Waals surface area contributed by atoms with Crippen molar-refractivity contribution in [2.45, 2.75) is 44.4 Å². The van der Waals surface area contributed by atoms with Crippen LogP contribution < -0.4 is 5.32 Å². The molecule has 2 unspecified atom stereocenters. The summed E-state index contributed by atoms with van der Waals surface area (Å²) in [6, 6.07) is 0.266. The minimum atomic E-state index is -0.172. The van der Waals surface area contributed by atoms with Crippen LogP contribution in [-0.4, -0.2) is 38.8 Å². The summed E-state index contributed by atoms with van der Waals surface area (Å²) in [5.41, 5.74) is 0. The molecule has 15 heavy (non-hydrogen) atoms. The Morgan fingerprint density at radius 3 is 3.00 bits per heavy atom. The van der Waals surface area contributed by atoms with Gasteiger partial charge in [-0.1, -0.05) is 18.1 Å². The van der Waals surface area contributed by atoms with E-state index in [4.69, 9.17) is 0 Å². The van der Waals surface area contributed by atoms with Gasteiger partial charge in [0.25, 0.3) is 0 Å². The van der Waals surface area contributed by atoms with Crippen LogP contribution in [0.4, 0.5) is 0 Å². The first kappa shape index (κ1) is 10.6. The number of hydrogen-bond donors (Lipinski definition) is 2. The first-order chi connectivity index (χ1) is 7.36. The molecule has 84 valence electrons. The van der Waals surface area contributed by atoms with Gasteiger partial charge in [-0.2, -0.15) is 0 Å². The van der Waals surface area contributed by atoms with Crippen molar-refractivity contribution in [1.29, 1.82) is 0 Å². The highest BCUT2D eigenvalue weighted by molar-refractivity contribution is 4.80. The Kier molecular flexibility index (Phi) is 3.69. The minimum absolute atomic E-state index is 0.172. The zero-order chi connectivity index (χ0) is 10.5. The highest BCUT2D eigenvalue weighted by atomic mass is 16.3. The van der Waals surface area contributed by atoms with E-state index in [0.29, 0.717) is 0 Å². The monoisotopic (exact) mass is 210 g/mol. The number of aliphatic hydroxyl groups is 1. The van der Waals surface area contributed by atoms with Crippen LogP contribution in [0.3, 0.4) is 0 Å². The molecule has 1 aromatic heterocycles. The average Bonchev–Trinajstić information content (AvgIpc) is 2.74. The van der Waals surface area contributed by atoms with Crippen molar-refractivity contribution < 1.29 is 5.11 Å². The molecule has 5 nitrogen and oxygen atoms in total. The van der Waals surface area contributed by atoms with E-state index in [1.54, 1.807) is 10.9 Å². The van der Waals surface area contributed by atoms with Crippen LogP contribution in [0, 0.1) is 0 Å². The molecule has 0 radical (unpaired) electrons. The molecule has 2 atom stereocenters. The highest BCUT2D eigenvalue weighted by Crippen LogP contribution is 2.17. The fourth-order valence-corrected chi connectivity index (χ4v) is 2.07. The van der Waals surface area contributed by atoms with Crippen LogP contribution in [0.15, 0.2) is 12.4 Å².